The second kappa shape index (κ2) is 6.30. The Morgan fingerprint density at radius 2 is 2.17 bits per heavy atom. The van der Waals surface area contributed by atoms with Crippen LogP contribution in [0.3, 0.4) is 0 Å². The molecule has 18 heavy (non-hydrogen) atoms. The normalized spacial score (nSPS) is 10.6. The molecule has 0 fully saturated rings. The molecule has 3 N–H and O–H groups in total. The van der Waals surface area contributed by atoms with Crippen LogP contribution in [0.25, 0.3) is 0 Å². The maximum absolute atomic E-state index is 11.5. The Morgan fingerprint density at radius 3 is 2.67 bits per heavy atom. The number of aliphatic carboxylic acids is 1. The minimum Gasteiger partial charge on any atom is -0.477 e. The topological polar surface area (TPSA) is 108 Å². The summed E-state index contributed by atoms with van der Waals surface area (Å²) in [6.07, 6.45) is 1.80. The third kappa shape index (κ3) is 3.83. The minimum atomic E-state index is -1.39. The molecule has 0 spiro atoms. The van der Waals surface area contributed by atoms with Crippen molar-refractivity contribution in [1.29, 1.82) is 0 Å². The van der Waals surface area contributed by atoms with Gasteiger partial charge in [-0.1, -0.05) is 6.58 Å². The standard InChI is InChI=1S/C10H9N3O4S/c1-2-8(14)13-6(10(16)17)3-11-9(15)7-4-18-5-12-7/h2-5H,1H2,(H,11,15)(H,13,14)(H,16,17). The third-order valence-electron chi connectivity index (χ3n) is 1.69. The zero-order valence-electron chi connectivity index (χ0n) is 9.04. The van der Waals surface area contributed by atoms with Crippen LogP contribution < -0.4 is 10.6 Å². The summed E-state index contributed by atoms with van der Waals surface area (Å²) in [4.78, 5) is 36.9. The highest BCUT2D eigenvalue weighted by molar-refractivity contribution is 7.07. The van der Waals surface area contributed by atoms with Crippen molar-refractivity contribution < 1.29 is 19.5 Å². The van der Waals surface area contributed by atoms with Gasteiger partial charge in [0.25, 0.3) is 5.91 Å². The summed E-state index contributed by atoms with van der Waals surface area (Å²) in [6, 6.07) is 0. The summed E-state index contributed by atoms with van der Waals surface area (Å²) in [5.41, 5.74) is 1.16. The number of nitrogens with one attached hydrogen (secondary N) is 2. The molecule has 0 saturated carbocycles. The van der Waals surface area contributed by atoms with Crippen LogP contribution in [0.5, 0.6) is 0 Å². The van der Waals surface area contributed by atoms with Crippen LogP contribution in [-0.4, -0.2) is 27.9 Å². The van der Waals surface area contributed by atoms with Gasteiger partial charge in [0.15, 0.2) is 0 Å². The van der Waals surface area contributed by atoms with E-state index in [-0.39, 0.29) is 5.69 Å². The van der Waals surface area contributed by atoms with E-state index in [1.807, 2.05) is 5.32 Å². The van der Waals surface area contributed by atoms with Crippen molar-refractivity contribution in [3.8, 4) is 0 Å². The first kappa shape index (κ1) is 13.6. The molecule has 94 valence electrons. The molecule has 0 saturated heterocycles. The van der Waals surface area contributed by atoms with Gasteiger partial charge in [-0.3, -0.25) is 9.59 Å². The van der Waals surface area contributed by atoms with E-state index in [1.54, 1.807) is 0 Å². The molecule has 0 aliphatic carbocycles. The Hall–Kier alpha value is -2.48. The van der Waals surface area contributed by atoms with Crippen molar-refractivity contribution >= 4 is 29.1 Å². The fraction of sp³-hybridized carbons (Fsp3) is 0. The van der Waals surface area contributed by atoms with Gasteiger partial charge < -0.3 is 15.7 Å². The van der Waals surface area contributed by atoms with Crippen LogP contribution >= 0.6 is 11.3 Å². The number of carboxylic acid groups (broad SMARTS) is 1. The number of hydrogen-bond donors (Lipinski definition) is 3. The second-order valence-corrected chi connectivity index (χ2v) is 3.62. The predicted molar refractivity (Wildman–Crippen MR) is 63.6 cm³/mol. The van der Waals surface area contributed by atoms with Gasteiger partial charge in [0.2, 0.25) is 5.91 Å². The molecule has 0 aromatic carbocycles. The third-order valence-corrected chi connectivity index (χ3v) is 2.27. The average Bonchev–Trinajstić information content (AvgIpc) is 2.87. The maximum atomic E-state index is 11.5. The fourth-order valence-corrected chi connectivity index (χ4v) is 1.40. The first-order valence-electron chi connectivity index (χ1n) is 4.60. The van der Waals surface area contributed by atoms with Crippen molar-refractivity contribution in [2.75, 3.05) is 0 Å². The lowest BCUT2D eigenvalue weighted by Gasteiger charge is -2.03. The summed E-state index contributed by atoms with van der Waals surface area (Å²) in [7, 11) is 0. The molecule has 1 aromatic rings. The predicted octanol–water partition coefficient (Wildman–Crippen LogP) is 0.101. The number of nitrogens with zero attached hydrogens (tertiary/aromatic N) is 1. The van der Waals surface area contributed by atoms with Crippen LogP contribution in [-0.2, 0) is 9.59 Å². The molecule has 0 atom stereocenters. The molecule has 2 amide bonds. The van der Waals surface area contributed by atoms with Gasteiger partial charge in [-0.2, -0.15) is 0 Å². The van der Waals surface area contributed by atoms with Crippen molar-refractivity contribution in [1.82, 2.24) is 15.6 Å². The largest absolute Gasteiger partial charge is 0.477 e. The van der Waals surface area contributed by atoms with Gasteiger partial charge in [-0.25, -0.2) is 9.78 Å². The van der Waals surface area contributed by atoms with Gasteiger partial charge >= 0.3 is 5.97 Å². The summed E-state index contributed by atoms with van der Waals surface area (Å²) >= 11 is 1.23. The van der Waals surface area contributed by atoms with Crippen LogP contribution in [0.15, 0.2) is 35.4 Å². The lowest BCUT2D eigenvalue weighted by molar-refractivity contribution is -0.134. The van der Waals surface area contributed by atoms with E-state index in [0.29, 0.717) is 0 Å². The number of amides is 2. The van der Waals surface area contributed by atoms with Crippen LogP contribution in [0.2, 0.25) is 0 Å². The van der Waals surface area contributed by atoms with Gasteiger partial charge in [-0.15, -0.1) is 11.3 Å². The molecule has 0 radical (unpaired) electrons. The Kier molecular flexibility index (Phi) is 4.76. The van der Waals surface area contributed by atoms with E-state index in [0.717, 1.165) is 12.3 Å². The van der Waals surface area contributed by atoms with Crippen molar-refractivity contribution in [3.63, 3.8) is 0 Å². The molecule has 8 heteroatoms. The fourth-order valence-electron chi connectivity index (χ4n) is 0.871. The molecule has 0 bridgehead atoms. The Balaban J connectivity index is 2.72. The van der Waals surface area contributed by atoms with Crippen molar-refractivity contribution in [3.05, 3.63) is 41.1 Å². The number of thiazole rings is 1. The van der Waals surface area contributed by atoms with E-state index in [1.165, 1.54) is 22.2 Å². The molecule has 1 heterocycles. The number of hydrogen-bond acceptors (Lipinski definition) is 5. The van der Waals surface area contributed by atoms with E-state index >= 15 is 0 Å². The van der Waals surface area contributed by atoms with E-state index in [9.17, 15) is 14.4 Å². The summed E-state index contributed by atoms with van der Waals surface area (Å²) in [6.45, 7) is 3.18. The lowest BCUT2D eigenvalue weighted by atomic mass is 10.4. The Bertz CT molecular complexity index is 507. The second-order valence-electron chi connectivity index (χ2n) is 2.90. The van der Waals surface area contributed by atoms with E-state index < -0.39 is 23.5 Å². The summed E-state index contributed by atoms with van der Waals surface area (Å²) in [5.74, 6) is -2.64. The van der Waals surface area contributed by atoms with E-state index in [2.05, 4.69) is 16.9 Å². The Morgan fingerprint density at radius 1 is 1.44 bits per heavy atom. The average molecular weight is 267 g/mol. The van der Waals surface area contributed by atoms with Crippen molar-refractivity contribution in [2.24, 2.45) is 0 Å². The molecule has 1 aromatic heterocycles. The van der Waals surface area contributed by atoms with Crippen LogP contribution in [0.4, 0.5) is 0 Å². The maximum Gasteiger partial charge on any atom is 0.353 e. The minimum absolute atomic E-state index is 0.163. The molecular formula is C10H9N3O4S. The van der Waals surface area contributed by atoms with Gasteiger partial charge in [0.05, 0.1) is 5.51 Å². The first-order valence-corrected chi connectivity index (χ1v) is 5.54. The Labute approximate surface area is 106 Å². The van der Waals surface area contributed by atoms with Crippen LogP contribution in [0, 0.1) is 0 Å². The highest BCUT2D eigenvalue weighted by Crippen LogP contribution is 2.00. The SMILES string of the molecule is C=CC(=O)NC(=CNC(=O)c1cscn1)C(=O)O. The number of rotatable bonds is 5. The zero-order chi connectivity index (χ0) is 13.5. The zero-order valence-corrected chi connectivity index (χ0v) is 9.86. The van der Waals surface area contributed by atoms with Gasteiger partial charge in [-0.05, 0) is 6.08 Å². The summed E-state index contributed by atoms with van der Waals surface area (Å²) < 4.78 is 0. The number of aromatic nitrogens is 1. The molecule has 7 nitrogen and oxygen atoms in total. The number of carbonyl (C=O) groups is 3. The summed E-state index contributed by atoms with van der Waals surface area (Å²) in [5, 5.41) is 14.5. The highest BCUT2D eigenvalue weighted by Gasteiger charge is 2.11. The van der Waals surface area contributed by atoms with E-state index in [4.69, 9.17) is 5.11 Å². The highest BCUT2D eigenvalue weighted by atomic mass is 32.1. The number of carbonyl (C=O) groups excluding carboxylic acids is 2. The smallest absolute Gasteiger partial charge is 0.353 e. The number of carboxylic acids is 1. The molecule has 0 aliphatic rings. The van der Waals surface area contributed by atoms with Crippen molar-refractivity contribution in [2.45, 2.75) is 0 Å². The lowest BCUT2D eigenvalue weighted by Crippen LogP contribution is -2.29. The molecule has 1 rings (SSSR count). The molecular weight excluding hydrogens is 258 g/mol. The van der Waals surface area contributed by atoms with Gasteiger partial charge in [0.1, 0.15) is 11.4 Å². The molecule has 0 unspecified atom stereocenters. The first-order chi connectivity index (χ1) is 8.54. The monoisotopic (exact) mass is 267 g/mol. The molecule has 0 aliphatic heterocycles. The van der Waals surface area contributed by atoms with Gasteiger partial charge in [0, 0.05) is 11.6 Å². The van der Waals surface area contributed by atoms with Crippen LogP contribution in [0.1, 0.15) is 10.5 Å². The quantitative estimate of drug-likeness (QED) is 0.656.